The Morgan fingerprint density at radius 2 is 1.50 bits per heavy atom. The summed E-state index contributed by atoms with van der Waals surface area (Å²) in [6.07, 6.45) is 0. The SMILES string of the molecule is CCN(CC)c1ccc(N=Nc2cc(C(=O)OC)c(C(=O)OC)cc2[N+](=O)[O-])cc1. The number of hydrogen-bond donors (Lipinski definition) is 0. The van der Waals surface area contributed by atoms with Crippen molar-refractivity contribution in [2.45, 2.75) is 13.8 Å². The van der Waals surface area contributed by atoms with Gasteiger partial charge in [0.1, 0.15) is 0 Å². The van der Waals surface area contributed by atoms with Gasteiger partial charge in [-0.2, -0.15) is 5.11 Å². The molecule has 2 rings (SSSR count). The zero-order valence-corrected chi connectivity index (χ0v) is 17.1. The second-order valence-corrected chi connectivity index (χ2v) is 6.02. The number of nitro groups is 1. The van der Waals surface area contributed by atoms with Gasteiger partial charge in [0, 0.05) is 24.8 Å². The average molecular weight is 414 g/mol. The van der Waals surface area contributed by atoms with Gasteiger partial charge in [0.15, 0.2) is 5.69 Å². The van der Waals surface area contributed by atoms with E-state index in [-0.39, 0.29) is 16.8 Å². The van der Waals surface area contributed by atoms with E-state index < -0.39 is 22.5 Å². The molecule has 0 aromatic heterocycles. The Morgan fingerprint density at radius 1 is 0.967 bits per heavy atom. The Bertz CT molecular complexity index is 968. The van der Waals surface area contributed by atoms with Crippen molar-refractivity contribution in [1.29, 1.82) is 0 Å². The van der Waals surface area contributed by atoms with Gasteiger partial charge in [0.2, 0.25) is 0 Å². The van der Waals surface area contributed by atoms with Crippen LogP contribution in [0.4, 0.5) is 22.7 Å². The van der Waals surface area contributed by atoms with Crippen molar-refractivity contribution in [2.24, 2.45) is 10.2 Å². The molecule has 0 aliphatic heterocycles. The fourth-order valence-electron chi connectivity index (χ4n) is 2.79. The Hall–Kier alpha value is -3.82. The number of azo groups is 1. The molecule has 0 aliphatic carbocycles. The first-order valence-electron chi connectivity index (χ1n) is 9.12. The minimum absolute atomic E-state index is 0.194. The highest BCUT2D eigenvalue weighted by atomic mass is 16.6. The highest BCUT2D eigenvalue weighted by molar-refractivity contribution is 6.04. The Kier molecular flexibility index (Phi) is 7.56. The monoisotopic (exact) mass is 414 g/mol. The molecule has 0 bridgehead atoms. The van der Waals surface area contributed by atoms with Crippen molar-refractivity contribution in [3.63, 3.8) is 0 Å². The van der Waals surface area contributed by atoms with Crippen LogP contribution < -0.4 is 4.90 Å². The molecule has 0 fully saturated rings. The molecule has 0 unspecified atom stereocenters. The molecule has 0 heterocycles. The first-order chi connectivity index (χ1) is 14.4. The Morgan fingerprint density at radius 3 is 1.97 bits per heavy atom. The summed E-state index contributed by atoms with van der Waals surface area (Å²) in [4.78, 5) is 36.9. The van der Waals surface area contributed by atoms with Crippen LogP contribution in [0.3, 0.4) is 0 Å². The molecule has 2 aromatic rings. The standard InChI is InChI=1S/C20H22N4O6/c1-5-23(6-2)14-9-7-13(8-10-14)21-22-17-11-15(19(25)29-3)16(20(26)30-4)12-18(17)24(27)28/h7-12H,5-6H2,1-4H3. The number of esters is 2. The van der Waals surface area contributed by atoms with Gasteiger partial charge >= 0.3 is 11.9 Å². The van der Waals surface area contributed by atoms with E-state index in [0.29, 0.717) is 5.69 Å². The number of methoxy groups -OCH3 is 2. The lowest BCUT2D eigenvalue weighted by molar-refractivity contribution is -0.384. The predicted octanol–water partition coefficient (Wildman–Crippen LogP) is 4.43. The largest absolute Gasteiger partial charge is 0.465 e. The number of nitro benzene ring substituents is 1. The summed E-state index contributed by atoms with van der Waals surface area (Å²) < 4.78 is 9.25. The highest BCUT2D eigenvalue weighted by Gasteiger charge is 2.26. The van der Waals surface area contributed by atoms with Crippen LogP contribution in [0.25, 0.3) is 0 Å². The van der Waals surface area contributed by atoms with Crippen molar-refractivity contribution in [3.8, 4) is 0 Å². The van der Waals surface area contributed by atoms with E-state index in [1.54, 1.807) is 12.1 Å². The fraction of sp³-hybridized carbons (Fsp3) is 0.300. The van der Waals surface area contributed by atoms with Gasteiger partial charge in [0.25, 0.3) is 5.69 Å². The van der Waals surface area contributed by atoms with Crippen LogP contribution in [0.1, 0.15) is 34.6 Å². The molecule has 0 saturated heterocycles. The molecule has 10 heteroatoms. The van der Waals surface area contributed by atoms with Gasteiger partial charge in [-0.15, -0.1) is 5.11 Å². The first kappa shape index (κ1) is 22.5. The molecule has 2 aromatic carbocycles. The summed E-state index contributed by atoms with van der Waals surface area (Å²) in [5, 5.41) is 19.4. The molecule has 0 amide bonds. The number of rotatable bonds is 8. The van der Waals surface area contributed by atoms with Crippen molar-refractivity contribution in [2.75, 3.05) is 32.2 Å². The molecule has 30 heavy (non-hydrogen) atoms. The van der Waals surface area contributed by atoms with Crippen LogP contribution in [0.2, 0.25) is 0 Å². The molecule has 0 aliphatic rings. The lowest BCUT2D eigenvalue weighted by atomic mass is 10.1. The molecule has 0 atom stereocenters. The van der Waals surface area contributed by atoms with Gasteiger partial charge in [-0.25, -0.2) is 9.59 Å². The van der Waals surface area contributed by atoms with Crippen LogP contribution in [0.5, 0.6) is 0 Å². The quantitative estimate of drug-likeness (QED) is 0.271. The van der Waals surface area contributed by atoms with Crippen LogP contribution in [-0.2, 0) is 9.47 Å². The van der Waals surface area contributed by atoms with Crippen LogP contribution in [-0.4, -0.2) is 44.2 Å². The summed E-state index contributed by atoms with van der Waals surface area (Å²) in [6.45, 7) is 5.80. The maximum absolute atomic E-state index is 12.0. The van der Waals surface area contributed by atoms with E-state index >= 15 is 0 Å². The Labute approximate surface area is 173 Å². The van der Waals surface area contributed by atoms with Gasteiger partial charge in [-0.3, -0.25) is 10.1 Å². The minimum atomic E-state index is -0.908. The highest BCUT2D eigenvalue weighted by Crippen LogP contribution is 2.33. The number of anilines is 1. The van der Waals surface area contributed by atoms with E-state index in [2.05, 4.69) is 24.6 Å². The fourth-order valence-corrected chi connectivity index (χ4v) is 2.79. The van der Waals surface area contributed by atoms with Crippen LogP contribution in [0.15, 0.2) is 46.6 Å². The predicted molar refractivity (Wildman–Crippen MR) is 110 cm³/mol. The van der Waals surface area contributed by atoms with E-state index in [0.717, 1.165) is 45.1 Å². The van der Waals surface area contributed by atoms with E-state index in [4.69, 9.17) is 0 Å². The third kappa shape index (κ3) is 4.96. The van der Waals surface area contributed by atoms with Gasteiger partial charge in [-0.1, -0.05) is 0 Å². The zero-order valence-electron chi connectivity index (χ0n) is 17.1. The lowest BCUT2D eigenvalue weighted by Gasteiger charge is -2.20. The average Bonchev–Trinajstić information content (AvgIpc) is 2.77. The van der Waals surface area contributed by atoms with Gasteiger partial charge in [0.05, 0.1) is 36.0 Å². The molecular formula is C20H22N4O6. The summed E-state index contributed by atoms with van der Waals surface area (Å²) in [6, 6.07) is 9.21. The summed E-state index contributed by atoms with van der Waals surface area (Å²) in [7, 11) is 2.23. The van der Waals surface area contributed by atoms with E-state index in [1.165, 1.54) is 0 Å². The van der Waals surface area contributed by atoms with Crippen molar-refractivity contribution >= 4 is 34.7 Å². The minimum Gasteiger partial charge on any atom is -0.465 e. The second kappa shape index (κ2) is 10.1. The molecule has 0 radical (unpaired) electrons. The van der Waals surface area contributed by atoms with Crippen LogP contribution >= 0.6 is 0 Å². The maximum atomic E-state index is 12.0. The summed E-state index contributed by atoms with van der Waals surface area (Å²) in [5.74, 6) is -1.76. The van der Waals surface area contributed by atoms with E-state index in [9.17, 15) is 19.7 Å². The molecule has 0 saturated carbocycles. The lowest BCUT2D eigenvalue weighted by Crippen LogP contribution is -2.21. The number of hydrogen-bond acceptors (Lipinski definition) is 9. The summed E-state index contributed by atoms with van der Waals surface area (Å²) in [5.41, 5.74) is 0.295. The third-order valence-electron chi connectivity index (χ3n) is 4.37. The van der Waals surface area contributed by atoms with Crippen molar-refractivity contribution < 1.29 is 24.0 Å². The smallest absolute Gasteiger partial charge is 0.338 e. The molecule has 158 valence electrons. The number of carbonyl (C=O) groups excluding carboxylic acids is 2. The van der Waals surface area contributed by atoms with Crippen molar-refractivity contribution in [1.82, 2.24) is 0 Å². The second-order valence-electron chi connectivity index (χ2n) is 6.02. The molecular weight excluding hydrogens is 392 g/mol. The van der Waals surface area contributed by atoms with Gasteiger partial charge < -0.3 is 14.4 Å². The number of nitrogens with zero attached hydrogens (tertiary/aromatic N) is 4. The number of ether oxygens (including phenoxy) is 2. The maximum Gasteiger partial charge on any atom is 0.338 e. The Balaban J connectivity index is 2.48. The normalized spacial score (nSPS) is 10.7. The molecule has 0 spiro atoms. The molecule has 10 nitrogen and oxygen atoms in total. The zero-order chi connectivity index (χ0) is 22.3. The van der Waals surface area contributed by atoms with Crippen LogP contribution in [0, 0.1) is 10.1 Å². The van der Waals surface area contributed by atoms with Gasteiger partial charge in [-0.05, 0) is 44.2 Å². The van der Waals surface area contributed by atoms with E-state index in [1.807, 2.05) is 26.0 Å². The third-order valence-corrected chi connectivity index (χ3v) is 4.37. The molecule has 0 N–H and O–H groups in total. The first-order valence-corrected chi connectivity index (χ1v) is 9.12. The van der Waals surface area contributed by atoms with Crippen molar-refractivity contribution in [3.05, 3.63) is 57.6 Å². The topological polar surface area (TPSA) is 124 Å². The number of carbonyl (C=O) groups is 2. The summed E-state index contributed by atoms with van der Waals surface area (Å²) >= 11 is 0. The number of benzene rings is 2.